The summed E-state index contributed by atoms with van der Waals surface area (Å²) in [7, 11) is 0. The molecule has 0 spiro atoms. The van der Waals surface area contributed by atoms with Gasteiger partial charge in [-0.15, -0.1) is 34.0 Å². The SMILES string of the molecule is [C-]#[N+]C(C#N)=C1C(=Nc2cc3sc4c(c3s2)OC(C)(C)c2cc(N=C3C(=O)c5cc(F)c(F)cc5C3=C(C#N)C#N)sc2-4)C(=O)c2cc(F)c(F)cc21. The largest absolute Gasteiger partial charge is 0.480 e. The maximum Gasteiger partial charge on any atom is 0.271 e. The fourth-order valence-electron chi connectivity index (χ4n) is 6.33. The second-order valence-corrected chi connectivity index (χ2v) is 15.2. The van der Waals surface area contributed by atoms with E-state index in [9.17, 15) is 42.9 Å². The fourth-order valence-corrected chi connectivity index (χ4v) is 10.0. The first-order valence-electron chi connectivity index (χ1n) is 15.0. The minimum atomic E-state index is -1.27. The molecule has 2 aliphatic carbocycles. The number of aliphatic imine (C=N–C) groups is 2. The van der Waals surface area contributed by atoms with Crippen molar-refractivity contribution in [1.82, 2.24) is 0 Å². The zero-order chi connectivity index (χ0) is 37.7. The van der Waals surface area contributed by atoms with E-state index in [1.165, 1.54) is 22.7 Å². The highest BCUT2D eigenvalue weighted by atomic mass is 32.1. The maximum atomic E-state index is 14.3. The fraction of sp³-hybridized carbons (Fsp3) is 0.0811. The Balaban J connectivity index is 1.23. The molecule has 254 valence electrons. The van der Waals surface area contributed by atoms with Gasteiger partial charge in [0.15, 0.2) is 29.0 Å². The number of allylic oxidation sites excluding steroid dienone is 4. The number of carbonyl (C=O) groups is 2. The van der Waals surface area contributed by atoms with E-state index in [1.807, 2.05) is 13.8 Å². The van der Waals surface area contributed by atoms with E-state index in [1.54, 1.807) is 30.3 Å². The molecule has 4 heterocycles. The van der Waals surface area contributed by atoms with Gasteiger partial charge in [-0.3, -0.25) is 9.59 Å². The Kier molecular flexibility index (Phi) is 7.44. The Morgan fingerprint density at radius 2 is 1.26 bits per heavy atom. The van der Waals surface area contributed by atoms with Crippen molar-refractivity contribution < 1.29 is 31.9 Å². The van der Waals surface area contributed by atoms with Gasteiger partial charge in [-0.05, 0) is 55.8 Å². The summed E-state index contributed by atoms with van der Waals surface area (Å²) in [5.41, 5.74) is -2.90. The van der Waals surface area contributed by atoms with Crippen molar-refractivity contribution >= 4 is 87.5 Å². The molecule has 0 fully saturated rings. The molecule has 0 atom stereocenters. The van der Waals surface area contributed by atoms with Crippen LogP contribution in [0.15, 0.2) is 57.7 Å². The van der Waals surface area contributed by atoms with Crippen LogP contribution in [-0.4, -0.2) is 23.0 Å². The highest BCUT2D eigenvalue weighted by Crippen LogP contribution is 2.59. The van der Waals surface area contributed by atoms with Crippen LogP contribution in [0.2, 0.25) is 0 Å². The number of fused-ring (bicyclic) bond motifs is 7. The third-order valence-corrected chi connectivity index (χ3v) is 12.1. The standard InChI is InChI=1S/C37H12F4N6O3S3/c1-37(2)18-8-25(46-29-27(13(10-42)11-43)14-4-19(38)21(40)6-16(14)31(29)48)52-34(18)36-33(50-37)35-24(51-36)9-26(53-35)47-30-28(23(12-44)45-3)15-5-20(39)22(41)7-17(15)32(30)49/h4-9H,1-2H3. The van der Waals surface area contributed by atoms with Gasteiger partial charge in [0.2, 0.25) is 11.6 Å². The number of thiophene rings is 3. The first kappa shape index (κ1) is 33.6. The number of hydrogen-bond donors (Lipinski definition) is 0. The van der Waals surface area contributed by atoms with Crippen LogP contribution in [0.5, 0.6) is 5.75 Å². The van der Waals surface area contributed by atoms with Gasteiger partial charge in [0.05, 0.1) is 31.8 Å². The van der Waals surface area contributed by atoms with E-state index >= 15 is 0 Å². The lowest BCUT2D eigenvalue weighted by Gasteiger charge is -2.31. The number of nitriles is 3. The van der Waals surface area contributed by atoms with E-state index < -0.39 is 51.7 Å². The quantitative estimate of drug-likeness (QED) is 0.0996. The molecule has 0 saturated heterocycles. The third-order valence-electron chi connectivity index (χ3n) is 8.67. The predicted octanol–water partition coefficient (Wildman–Crippen LogP) is 9.77. The van der Waals surface area contributed by atoms with Crippen LogP contribution in [-0.2, 0) is 5.60 Å². The molecule has 0 unspecified atom stereocenters. The Hall–Kier alpha value is -6.56. The van der Waals surface area contributed by atoms with Crippen molar-refractivity contribution in [3.63, 3.8) is 0 Å². The van der Waals surface area contributed by atoms with Gasteiger partial charge in [0.25, 0.3) is 5.70 Å². The molecule has 1 aliphatic heterocycles. The molecule has 0 N–H and O–H groups in total. The normalized spacial score (nSPS) is 17.4. The minimum Gasteiger partial charge on any atom is -0.480 e. The van der Waals surface area contributed by atoms with Gasteiger partial charge in [-0.25, -0.2) is 37.7 Å². The lowest BCUT2D eigenvalue weighted by Crippen LogP contribution is -2.27. The van der Waals surface area contributed by atoms with E-state index in [-0.39, 0.29) is 44.8 Å². The second-order valence-electron chi connectivity index (χ2n) is 12.1. The number of hydrogen-bond acceptors (Lipinski definition) is 11. The number of carbonyl (C=O) groups excluding carboxylic acids is 2. The monoisotopic (exact) mass is 760 g/mol. The summed E-state index contributed by atoms with van der Waals surface area (Å²) in [5.74, 6) is -6.09. The summed E-state index contributed by atoms with van der Waals surface area (Å²) in [6, 6.07) is 11.5. The maximum absolute atomic E-state index is 14.3. The number of ketones is 2. The van der Waals surface area contributed by atoms with Crippen molar-refractivity contribution in [2.75, 3.05) is 0 Å². The molecule has 2 aromatic carbocycles. The summed E-state index contributed by atoms with van der Waals surface area (Å²) in [6.07, 6.45) is 0. The molecule has 0 saturated carbocycles. The number of halogens is 4. The highest BCUT2D eigenvalue weighted by molar-refractivity contribution is 7.33. The van der Waals surface area contributed by atoms with Crippen molar-refractivity contribution in [2.45, 2.75) is 19.4 Å². The molecule has 8 rings (SSSR count). The van der Waals surface area contributed by atoms with Gasteiger partial charge >= 0.3 is 0 Å². The van der Waals surface area contributed by atoms with Gasteiger partial charge in [0, 0.05) is 33.4 Å². The minimum absolute atomic E-state index is 0.104. The van der Waals surface area contributed by atoms with Crippen LogP contribution in [0, 0.1) is 63.8 Å². The molecule has 53 heavy (non-hydrogen) atoms. The van der Waals surface area contributed by atoms with Gasteiger partial charge in [-0.2, -0.15) is 10.5 Å². The molecule has 5 aromatic rings. The van der Waals surface area contributed by atoms with Crippen molar-refractivity contribution in [3.8, 4) is 33.7 Å². The summed E-state index contributed by atoms with van der Waals surface area (Å²) < 4.78 is 64.6. The Morgan fingerprint density at radius 3 is 1.81 bits per heavy atom. The molecule has 3 aromatic heterocycles. The summed E-state index contributed by atoms with van der Waals surface area (Å²) in [5, 5.41) is 29.5. The van der Waals surface area contributed by atoms with Crippen molar-refractivity contribution in [3.05, 3.63) is 110 Å². The van der Waals surface area contributed by atoms with E-state index in [2.05, 4.69) is 14.8 Å². The summed E-state index contributed by atoms with van der Waals surface area (Å²) >= 11 is 3.68. The molecular formula is C37H12F4N6O3S3. The lowest BCUT2D eigenvalue weighted by molar-refractivity contribution is 0.106. The average Bonchev–Trinajstić information content (AvgIpc) is 3.91. The number of rotatable bonds is 2. The van der Waals surface area contributed by atoms with Crippen LogP contribution >= 0.6 is 34.0 Å². The smallest absolute Gasteiger partial charge is 0.271 e. The van der Waals surface area contributed by atoms with E-state index in [4.69, 9.17) is 11.3 Å². The number of ether oxygens (including phenoxy) is 1. The summed E-state index contributed by atoms with van der Waals surface area (Å²) in [4.78, 5) is 40.5. The van der Waals surface area contributed by atoms with E-state index in [0.29, 0.717) is 41.7 Å². The van der Waals surface area contributed by atoms with Crippen molar-refractivity contribution in [2.24, 2.45) is 9.98 Å². The second kappa shape index (κ2) is 11.7. The molecule has 3 aliphatic rings. The highest BCUT2D eigenvalue weighted by Gasteiger charge is 2.40. The Bertz CT molecular complexity index is 2900. The van der Waals surface area contributed by atoms with Crippen LogP contribution in [0.4, 0.5) is 27.6 Å². The number of benzene rings is 2. The van der Waals surface area contributed by atoms with Gasteiger partial charge < -0.3 is 4.74 Å². The van der Waals surface area contributed by atoms with Crippen LogP contribution in [0.3, 0.4) is 0 Å². The third kappa shape index (κ3) is 4.89. The molecular weight excluding hydrogens is 749 g/mol. The van der Waals surface area contributed by atoms with Crippen LogP contribution in [0.1, 0.15) is 51.3 Å². The predicted molar refractivity (Wildman–Crippen MR) is 190 cm³/mol. The lowest BCUT2D eigenvalue weighted by atomic mass is 9.95. The first-order chi connectivity index (χ1) is 25.3. The first-order valence-corrected chi connectivity index (χ1v) is 17.5. The average molecular weight is 761 g/mol. The molecule has 9 nitrogen and oxygen atoms in total. The molecule has 0 bridgehead atoms. The number of nitrogens with zero attached hydrogens (tertiary/aromatic N) is 6. The zero-order valence-corrected chi connectivity index (χ0v) is 29.1. The molecule has 0 radical (unpaired) electrons. The summed E-state index contributed by atoms with van der Waals surface area (Å²) in [6.45, 7) is 11.1. The van der Waals surface area contributed by atoms with Gasteiger partial charge in [0.1, 0.15) is 44.7 Å². The molecule has 16 heteroatoms. The molecule has 0 amide bonds. The Morgan fingerprint density at radius 1 is 0.736 bits per heavy atom. The zero-order valence-electron chi connectivity index (χ0n) is 26.6. The van der Waals surface area contributed by atoms with Crippen molar-refractivity contribution in [1.29, 1.82) is 15.8 Å². The van der Waals surface area contributed by atoms with Crippen LogP contribution in [0.25, 0.3) is 35.1 Å². The Labute approximate surface area is 307 Å². The topological polar surface area (TPSA) is 144 Å². The number of Topliss-reactive ketones (excluding diaryl/α,β-unsaturated/α-hetero) is 2. The van der Waals surface area contributed by atoms with Gasteiger partial charge in [-0.1, -0.05) is 0 Å². The van der Waals surface area contributed by atoms with Crippen LogP contribution < -0.4 is 4.74 Å². The van der Waals surface area contributed by atoms with E-state index in [0.717, 1.165) is 34.4 Å².